The molecule has 26 heavy (non-hydrogen) atoms. The molecule has 1 aromatic rings. The fourth-order valence-corrected chi connectivity index (χ4v) is 3.75. The maximum absolute atomic E-state index is 12.7. The van der Waals surface area contributed by atoms with E-state index in [-0.39, 0.29) is 29.7 Å². The van der Waals surface area contributed by atoms with Gasteiger partial charge in [0, 0.05) is 38.2 Å². The lowest BCUT2D eigenvalue weighted by molar-refractivity contribution is -0.136. The Morgan fingerprint density at radius 1 is 1.31 bits per heavy atom. The van der Waals surface area contributed by atoms with Crippen LogP contribution in [-0.4, -0.2) is 47.3 Å². The van der Waals surface area contributed by atoms with Crippen molar-refractivity contribution in [1.82, 2.24) is 20.9 Å². The summed E-state index contributed by atoms with van der Waals surface area (Å²) in [6.45, 7) is 6.72. The van der Waals surface area contributed by atoms with Crippen molar-refractivity contribution < 1.29 is 14.4 Å². The van der Waals surface area contributed by atoms with Crippen LogP contribution in [0.15, 0.2) is 30.9 Å². The van der Waals surface area contributed by atoms with Crippen LogP contribution in [0.3, 0.4) is 0 Å². The molecule has 1 atom stereocenters. The van der Waals surface area contributed by atoms with Gasteiger partial charge in [0.05, 0.1) is 5.54 Å². The molecule has 3 aliphatic heterocycles. The number of hydrogen-bond acceptors (Lipinski definition) is 5. The molecule has 7 heteroatoms. The van der Waals surface area contributed by atoms with Crippen molar-refractivity contribution in [2.45, 2.75) is 37.5 Å². The number of amides is 3. The highest BCUT2D eigenvalue weighted by Crippen LogP contribution is 2.28. The lowest BCUT2D eigenvalue weighted by Gasteiger charge is -2.41. The Bertz CT molecular complexity index is 800. The maximum Gasteiger partial charge on any atom is 0.255 e. The third-order valence-electron chi connectivity index (χ3n) is 5.50. The zero-order valence-corrected chi connectivity index (χ0v) is 14.5. The molecule has 3 heterocycles. The van der Waals surface area contributed by atoms with Gasteiger partial charge in [-0.3, -0.25) is 19.7 Å². The van der Waals surface area contributed by atoms with E-state index in [2.05, 4.69) is 22.5 Å². The summed E-state index contributed by atoms with van der Waals surface area (Å²) in [5.41, 5.74) is 2.60. The number of nitrogens with one attached hydrogen (secondary N) is 3. The average molecular weight is 354 g/mol. The highest BCUT2D eigenvalue weighted by molar-refractivity contribution is 6.05. The second kappa shape index (κ2) is 6.34. The molecule has 2 saturated heterocycles. The quantitative estimate of drug-likeness (QED) is 0.514. The van der Waals surface area contributed by atoms with Gasteiger partial charge in [-0.15, -0.1) is 6.58 Å². The van der Waals surface area contributed by atoms with Gasteiger partial charge in [0.25, 0.3) is 5.91 Å². The second-order valence-corrected chi connectivity index (χ2v) is 7.21. The molecule has 3 N–H and O–H groups in total. The Labute approximate surface area is 151 Å². The minimum atomic E-state index is -0.570. The van der Waals surface area contributed by atoms with Gasteiger partial charge in [-0.25, -0.2) is 0 Å². The standard InChI is InChI=1S/C19H22N4O3/c1-2-19(10-20-11-19)21-8-12-3-4-14-13(7-12)9-23(18(14)26)15-5-6-16(24)22-17(15)25/h2-4,7,15,20-21H,1,5-6,8-11H2,(H,22,24,25). The first-order valence-corrected chi connectivity index (χ1v) is 8.87. The molecule has 0 aliphatic carbocycles. The largest absolute Gasteiger partial charge is 0.322 e. The summed E-state index contributed by atoms with van der Waals surface area (Å²) in [6, 6.07) is 5.23. The number of carbonyl (C=O) groups is 3. The molecule has 0 saturated carbocycles. The summed E-state index contributed by atoms with van der Waals surface area (Å²) in [5, 5.41) is 9.07. The van der Waals surface area contributed by atoms with E-state index in [1.807, 2.05) is 24.3 Å². The predicted octanol–water partition coefficient (Wildman–Crippen LogP) is 0.0652. The molecule has 4 rings (SSSR count). The predicted molar refractivity (Wildman–Crippen MR) is 95.1 cm³/mol. The minimum Gasteiger partial charge on any atom is -0.322 e. The van der Waals surface area contributed by atoms with Crippen molar-refractivity contribution in [2.75, 3.05) is 13.1 Å². The van der Waals surface area contributed by atoms with Crippen LogP contribution < -0.4 is 16.0 Å². The molecular weight excluding hydrogens is 332 g/mol. The van der Waals surface area contributed by atoms with E-state index in [1.54, 1.807) is 4.90 Å². The van der Waals surface area contributed by atoms with Crippen LogP contribution in [0.4, 0.5) is 0 Å². The number of nitrogens with zero attached hydrogens (tertiary/aromatic N) is 1. The van der Waals surface area contributed by atoms with E-state index in [1.165, 1.54) is 0 Å². The average Bonchev–Trinajstić information content (AvgIpc) is 2.90. The highest BCUT2D eigenvalue weighted by Gasteiger charge is 2.39. The van der Waals surface area contributed by atoms with E-state index in [0.29, 0.717) is 25.1 Å². The molecule has 2 fully saturated rings. The Balaban J connectivity index is 1.47. The van der Waals surface area contributed by atoms with Crippen LogP contribution in [0.5, 0.6) is 0 Å². The van der Waals surface area contributed by atoms with Gasteiger partial charge >= 0.3 is 0 Å². The Kier molecular flexibility index (Phi) is 4.13. The first-order valence-electron chi connectivity index (χ1n) is 8.87. The van der Waals surface area contributed by atoms with Crippen LogP contribution >= 0.6 is 0 Å². The monoisotopic (exact) mass is 354 g/mol. The molecule has 7 nitrogen and oxygen atoms in total. The summed E-state index contributed by atoms with van der Waals surface area (Å²) in [4.78, 5) is 37.7. The van der Waals surface area contributed by atoms with E-state index >= 15 is 0 Å². The third kappa shape index (κ3) is 2.83. The normalized spacial score (nSPS) is 24.1. The first-order chi connectivity index (χ1) is 12.5. The molecule has 0 aromatic heterocycles. The SMILES string of the molecule is C=CC1(NCc2ccc3c(c2)CN(C2CCC(=O)NC2=O)C3=O)CNC1. The maximum atomic E-state index is 12.7. The number of piperidine rings is 1. The van der Waals surface area contributed by atoms with Crippen molar-refractivity contribution in [3.63, 3.8) is 0 Å². The Morgan fingerprint density at radius 3 is 2.77 bits per heavy atom. The topological polar surface area (TPSA) is 90.5 Å². The zero-order chi connectivity index (χ0) is 18.3. The molecule has 0 spiro atoms. The van der Waals surface area contributed by atoms with Crippen molar-refractivity contribution in [1.29, 1.82) is 0 Å². The van der Waals surface area contributed by atoms with Crippen LogP contribution in [0.1, 0.15) is 34.3 Å². The van der Waals surface area contributed by atoms with E-state index in [9.17, 15) is 14.4 Å². The van der Waals surface area contributed by atoms with Crippen LogP contribution in [0.2, 0.25) is 0 Å². The second-order valence-electron chi connectivity index (χ2n) is 7.21. The van der Waals surface area contributed by atoms with Crippen LogP contribution in [-0.2, 0) is 22.7 Å². The van der Waals surface area contributed by atoms with E-state index in [4.69, 9.17) is 0 Å². The molecule has 1 aromatic carbocycles. The first kappa shape index (κ1) is 16.9. The lowest BCUT2D eigenvalue weighted by atomic mass is 9.92. The Hall–Kier alpha value is -2.51. The lowest BCUT2D eigenvalue weighted by Crippen LogP contribution is -2.66. The highest BCUT2D eigenvalue weighted by atomic mass is 16.2. The van der Waals surface area contributed by atoms with Gasteiger partial charge in [-0.05, 0) is 23.6 Å². The molecular formula is C19H22N4O3. The summed E-state index contributed by atoms with van der Waals surface area (Å²) < 4.78 is 0. The van der Waals surface area contributed by atoms with Gasteiger partial charge in [0.15, 0.2) is 0 Å². The minimum absolute atomic E-state index is 0.0619. The number of carbonyl (C=O) groups excluding carboxylic acids is 3. The summed E-state index contributed by atoms with van der Waals surface area (Å²) >= 11 is 0. The number of fused-ring (bicyclic) bond motifs is 1. The Morgan fingerprint density at radius 2 is 2.12 bits per heavy atom. The van der Waals surface area contributed by atoms with Gasteiger partial charge in [0.2, 0.25) is 11.8 Å². The van der Waals surface area contributed by atoms with Gasteiger partial charge < -0.3 is 15.5 Å². The van der Waals surface area contributed by atoms with Crippen molar-refractivity contribution in [3.8, 4) is 0 Å². The fourth-order valence-electron chi connectivity index (χ4n) is 3.75. The molecule has 0 radical (unpaired) electrons. The van der Waals surface area contributed by atoms with Gasteiger partial charge in [0.1, 0.15) is 6.04 Å². The van der Waals surface area contributed by atoms with Crippen molar-refractivity contribution in [3.05, 3.63) is 47.5 Å². The number of imide groups is 1. The van der Waals surface area contributed by atoms with Crippen LogP contribution in [0, 0.1) is 0 Å². The van der Waals surface area contributed by atoms with Gasteiger partial charge in [-0.1, -0.05) is 18.2 Å². The third-order valence-corrected chi connectivity index (χ3v) is 5.50. The van der Waals surface area contributed by atoms with E-state index < -0.39 is 6.04 Å². The number of benzene rings is 1. The van der Waals surface area contributed by atoms with Crippen molar-refractivity contribution in [2.24, 2.45) is 0 Å². The number of hydrogen-bond donors (Lipinski definition) is 3. The van der Waals surface area contributed by atoms with Crippen molar-refractivity contribution >= 4 is 17.7 Å². The fraction of sp³-hybridized carbons (Fsp3) is 0.421. The van der Waals surface area contributed by atoms with E-state index in [0.717, 1.165) is 24.2 Å². The summed E-state index contributed by atoms with van der Waals surface area (Å²) in [5.74, 6) is -0.792. The van der Waals surface area contributed by atoms with Gasteiger partial charge in [-0.2, -0.15) is 0 Å². The smallest absolute Gasteiger partial charge is 0.255 e. The summed E-state index contributed by atoms with van der Waals surface area (Å²) in [7, 11) is 0. The number of rotatable bonds is 5. The molecule has 3 amide bonds. The summed E-state index contributed by atoms with van der Waals surface area (Å²) in [6.07, 6.45) is 2.59. The molecule has 1 unspecified atom stereocenters. The zero-order valence-electron chi connectivity index (χ0n) is 14.5. The molecule has 3 aliphatic rings. The molecule has 0 bridgehead atoms. The molecule has 136 valence electrons. The van der Waals surface area contributed by atoms with Crippen LogP contribution in [0.25, 0.3) is 0 Å².